The van der Waals surface area contributed by atoms with Crippen molar-refractivity contribution in [2.24, 2.45) is 5.84 Å². The Kier molecular flexibility index (Phi) is 5.48. The van der Waals surface area contributed by atoms with Gasteiger partial charge in [0.2, 0.25) is 0 Å². The number of nitrogen functional groups attached to an aromatic ring is 1. The van der Waals surface area contributed by atoms with Crippen LogP contribution in [-0.2, 0) is 6.54 Å². The number of amides is 2. The van der Waals surface area contributed by atoms with Crippen LogP contribution in [0, 0.1) is 5.82 Å². The van der Waals surface area contributed by atoms with Crippen LogP contribution in [-0.4, -0.2) is 21.8 Å². The maximum absolute atomic E-state index is 13.7. The quantitative estimate of drug-likeness (QED) is 0.409. The Balaban J connectivity index is 1.92. The summed E-state index contributed by atoms with van der Waals surface area (Å²) in [5.74, 6) is 3.85. The molecule has 0 spiro atoms. The first-order valence-corrected chi connectivity index (χ1v) is 8.02. The fourth-order valence-electron chi connectivity index (χ4n) is 2.47. The minimum absolute atomic E-state index is 0.0924. The average Bonchev–Trinajstić information content (AvgIpc) is 2.72. The minimum Gasteiger partial charge on any atom is -0.302 e. The number of nitrogens with zero attached hydrogens (tertiary/aromatic N) is 3. The molecule has 136 valence electrons. The van der Waals surface area contributed by atoms with E-state index in [1.807, 2.05) is 5.43 Å². The van der Waals surface area contributed by atoms with Crippen LogP contribution in [0.5, 0.6) is 0 Å². The highest BCUT2D eigenvalue weighted by Crippen LogP contribution is 2.21. The molecule has 0 bridgehead atoms. The third-order valence-corrected chi connectivity index (χ3v) is 3.83. The molecule has 3 N–H and O–H groups in total. The number of hydrazine groups is 1. The first kappa shape index (κ1) is 18.2. The fraction of sp³-hybridized carbons (Fsp3) is 0.0526. The van der Waals surface area contributed by atoms with Crippen LogP contribution in [0.1, 0.15) is 26.4 Å². The van der Waals surface area contributed by atoms with E-state index in [1.165, 1.54) is 41.7 Å². The smallest absolute Gasteiger partial charge is 0.266 e. The number of carbonyl (C=O) groups is 2. The maximum Gasteiger partial charge on any atom is 0.266 e. The van der Waals surface area contributed by atoms with Gasteiger partial charge >= 0.3 is 0 Å². The van der Waals surface area contributed by atoms with Crippen LogP contribution < -0.4 is 16.2 Å². The number of nitrogens with one attached hydrogen (secondary N) is 1. The molecule has 8 heteroatoms. The number of pyridine rings is 2. The van der Waals surface area contributed by atoms with Gasteiger partial charge in [0.1, 0.15) is 5.82 Å². The second kappa shape index (κ2) is 8.15. The molecule has 2 heterocycles. The van der Waals surface area contributed by atoms with Gasteiger partial charge in [-0.3, -0.25) is 25.0 Å². The summed E-state index contributed by atoms with van der Waals surface area (Å²) in [7, 11) is 0. The number of hydrogen-bond acceptors (Lipinski definition) is 5. The molecule has 3 rings (SSSR count). The SMILES string of the molecule is NNC(=O)c1ccc(CN(C(=O)c2ccncc2)c2cccc(F)c2)nc1. The first-order valence-electron chi connectivity index (χ1n) is 8.02. The van der Waals surface area contributed by atoms with Crippen LogP contribution in [0.4, 0.5) is 10.1 Å². The number of hydrogen-bond donors (Lipinski definition) is 2. The molecule has 0 saturated carbocycles. The molecule has 0 atom stereocenters. The van der Waals surface area contributed by atoms with Gasteiger partial charge in [-0.1, -0.05) is 6.07 Å². The van der Waals surface area contributed by atoms with Crippen LogP contribution in [0.15, 0.2) is 67.1 Å². The van der Waals surface area contributed by atoms with E-state index in [9.17, 15) is 14.0 Å². The standard InChI is InChI=1S/C19H16FN5O2/c20-15-2-1-3-17(10-15)25(19(27)13-6-8-22-9-7-13)12-16-5-4-14(11-23-16)18(26)24-21/h1-11H,12,21H2,(H,24,26). The summed E-state index contributed by atoms with van der Waals surface area (Å²) in [4.78, 5) is 34.0. The number of benzene rings is 1. The van der Waals surface area contributed by atoms with E-state index in [2.05, 4.69) is 9.97 Å². The Bertz CT molecular complexity index is 948. The molecule has 2 aromatic heterocycles. The number of aromatic nitrogens is 2. The Morgan fingerprint density at radius 1 is 1.07 bits per heavy atom. The molecule has 1 aromatic carbocycles. The summed E-state index contributed by atoms with van der Waals surface area (Å²) >= 11 is 0. The zero-order valence-corrected chi connectivity index (χ0v) is 14.2. The predicted molar refractivity (Wildman–Crippen MR) is 97.0 cm³/mol. The Hall–Kier alpha value is -3.65. The van der Waals surface area contributed by atoms with Crippen molar-refractivity contribution in [1.82, 2.24) is 15.4 Å². The third-order valence-electron chi connectivity index (χ3n) is 3.83. The van der Waals surface area contributed by atoms with E-state index in [0.29, 0.717) is 22.5 Å². The lowest BCUT2D eigenvalue weighted by atomic mass is 10.2. The van der Waals surface area contributed by atoms with Gasteiger partial charge in [0.05, 0.1) is 17.8 Å². The van der Waals surface area contributed by atoms with E-state index in [4.69, 9.17) is 5.84 Å². The van der Waals surface area contributed by atoms with Crippen LogP contribution >= 0.6 is 0 Å². The first-order chi connectivity index (χ1) is 13.1. The molecule has 0 aliphatic rings. The number of carbonyl (C=O) groups excluding carboxylic acids is 2. The second-order valence-electron chi connectivity index (χ2n) is 5.62. The zero-order chi connectivity index (χ0) is 19.2. The molecular weight excluding hydrogens is 349 g/mol. The zero-order valence-electron chi connectivity index (χ0n) is 14.2. The molecule has 3 aromatic rings. The number of halogens is 1. The summed E-state index contributed by atoms with van der Waals surface area (Å²) in [6, 6.07) is 12.1. The number of nitrogens with two attached hydrogens (primary N) is 1. The molecular formula is C19H16FN5O2. The van der Waals surface area contributed by atoms with Crippen LogP contribution in [0.2, 0.25) is 0 Å². The molecule has 2 amide bonds. The van der Waals surface area contributed by atoms with Crippen molar-refractivity contribution in [3.63, 3.8) is 0 Å². The highest BCUT2D eigenvalue weighted by atomic mass is 19.1. The highest BCUT2D eigenvalue weighted by Gasteiger charge is 2.19. The van der Waals surface area contributed by atoms with Gasteiger partial charge in [-0.15, -0.1) is 0 Å². The van der Waals surface area contributed by atoms with E-state index in [-0.39, 0.29) is 12.5 Å². The monoisotopic (exact) mass is 365 g/mol. The molecule has 7 nitrogen and oxygen atoms in total. The summed E-state index contributed by atoms with van der Waals surface area (Å²) in [6.07, 6.45) is 4.38. The highest BCUT2D eigenvalue weighted by molar-refractivity contribution is 6.05. The topological polar surface area (TPSA) is 101 Å². The lowest BCUT2D eigenvalue weighted by Gasteiger charge is -2.23. The van der Waals surface area contributed by atoms with Crippen molar-refractivity contribution in [3.8, 4) is 0 Å². The van der Waals surface area contributed by atoms with Crippen molar-refractivity contribution in [2.75, 3.05) is 4.90 Å². The van der Waals surface area contributed by atoms with Crippen molar-refractivity contribution in [3.05, 3.63) is 89.8 Å². The molecule has 27 heavy (non-hydrogen) atoms. The van der Waals surface area contributed by atoms with Gasteiger partial charge in [-0.05, 0) is 42.5 Å². The molecule has 0 unspecified atom stereocenters. The Morgan fingerprint density at radius 2 is 1.85 bits per heavy atom. The largest absolute Gasteiger partial charge is 0.302 e. The molecule has 0 aliphatic carbocycles. The normalized spacial score (nSPS) is 10.3. The molecule has 0 radical (unpaired) electrons. The van der Waals surface area contributed by atoms with Gasteiger partial charge in [0.25, 0.3) is 11.8 Å². The van der Waals surface area contributed by atoms with Crippen molar-refractivity contribution in [1.29, 1.82) is 0 Å². The van der Waals surface area contributed by atoms with E-state index in [1.54, 1.807) is 30.3 Å². The van der Waals surface area contributed by atoms with Gasteiger partial charge in [0, 0.05) is 29.8 Å². The van der Waals surface area contributed by atoms with Crippen LogP contribution in [0.25, 0.3) is 0 Å². The second-order valence-corrected chi connectivity index (χ2v) is 5.62. The Labute approximate surface area is 154 Å². The lowest BCUT2D eigenvalue weighted by Crippen LogP contribution is -2.31. The maximum atomic E-state index is 13.7. The third kappa shape index (κ3) is 4.31. The summed E-state index contributed by atoms with van der Waals surface area (Å²) < 4.78 is 13.7. The van der Waals surface area contributed by atoms with Gasteiger partial charge in [-0.2, -0.15) is 0 Å². The van der Waals surface area contributed by atoms with E-state index < -0.39 is 11.7 Å². The summed E-state index contributed by atoms with van der Waals surface area (Å²) in [6.45, 7) is 0.0924. The Morgan fingerprint density at radius 3 is 2.48 bits per heavy atom. The van der Waals surface area contributed by atoms with E-state index in [0.717, 1.165) is 0 Å². The van der Waals surface area contributed by atoms with Crippen LogP contribution in [0.3, 0.4) is 0 Å². The summed E-state index contributed by atoms with van der Waals surface area (Å²) in [5.41, 5.74) is 3.64. The van der Waals surface area contributed by atoms with E-state index >= 15 is 0 Å². The molecule has 0 saturated heterocycles. The predicted octanol–water partition coefficient (Wildman–Crippen LogP) is 2.07. The van der Waals surface area contributed by atoms with Gasteiger partial charge in [0.15, 0.2) is 0 Å². The number of anilines is 1. The van der Waals surface area contributed by atoms with Gasteiger partial charge in [-0.25, -0.2) is 10.2 Å². The minimum atomic E-state index is -0.469. The van der Waals surface area contributed by atoms with Crippen molar-refractivity contribution in [2.45, 2.75) is 6.54 Å². The molecule has 0 fully saturated rings. The van der Waals surface area contributed by atoms with Gasteiger partial charge < -0.3 is 4.90 Å². The summed E-state index contributed by atoms with van der Waals surface area (Å²) in [5, 5.41) is 0. The average molecular weight is 365 g/mol. The van der Waals surface area contributed by atoms with Crippen molar-refractivity contribution >= 4 is 17.5 Å². The lowest BCUT2D eigenvalue weighted by molar-refractivity contribution is 0.0951. The number of rotatable bonds is 5. The molecule has 0 aliphatic heterocycles. The fourth-order valence-corrected chi connectivity index (χ4v) is 2.47. The van der Waals surface area contributed by atoms with Crippen molar-refractivity contribution < 1.29 is 14.0 Å².